The first-order valence-corrected chi connectivity index (χ1v) is 7.47. The first-order chi connectivity index (χ1) is 10.1. The summed E-state index contributed by atoms with van der Waals surface area (Å²) in [7, 11) is 0. The van der Waals surface area contributed by atoms with Gasteiger partial charge in [-0.2, -0.15) is 0 Å². The van der Waals surface area contributed by atoms with Crippen LogP contribution in [0.2, 0.25) is 0 Å². The van der Waals surface area contributed by atoms with E-state index in [1.54, 1.807) is 23.2 Å². The number of nitrogens with two attached hydrogens (primary N) is 1. The minimum Gasteiger partial charge on any atom is -0.478 e. The minimum atomic E-state index is -0.240. The normalized spacial score (nSPS) is 16.0. The SMILES string of the molecule is CCC(N)Cn1cccc(OCC(=O)N2CCCC2)c1=O. The second-order valence-electron chi connectivity index (χ2n) is 5.37. The third kappa shape index (κ3) is 4.07. The van der Waals surface area contributed by atoms with Gasteiger partial charge < -0.3 is 19.9 Å². The molecule has 0 saturated carbocycles. The fourth-order valence-electron chi connectivity index (χ4n) is 2.35. The lowest BCUT2D eigenvalue weighted by molar-refractivity contribution is -0.132. The van der Waals surface area contributed by atoms with Crippen LogP contribution in [0.5, 0.6) is 5.75 Å². The van der Waals surface area contributed by atoms with Gasteiger partial charge in [-0.25, -0.2) is 0 Å². The van der Waals surface area contributed by atoms with E-state index in [1.807, 2.05) is 6.92 Å². The van der Waals surface area contributed by atoms with Gasteiger partial charge in [-0.05, 0) is 31.4 Å². The van der Waals surface area contributed by atoms with Gasteiger partial charge >= 0.3 is 0 Å². The summed E-state index contributed by atoms with van der Waals surface area (Å²) in [5, 5.41) is 0. The van der Waals surface area contributed by atoms with Crippen molar-refractivity contribution in [3.8, 4) is 5.75 Å². The first-order valence-electron chi connectivity index (χ1n) is 7.47. The Bertz CT molecular complexity index is 535. The second-order valence-corrected chi connectivity index (χ2v) is 5.37. The summed E-state index contributed by atoms with van der Waals surface area (Å²) in [6, 6.07) is 3.26. The molecule has 1 aliphatic rings. The van der Waals surface area contributed by atoms with Crippen molar-refractivity contribution < 1.29 is 9.53 Å². The predicted molar refractivity (Wildman–Crippen MR) is 80.3 cm³/mol. The average molecular weight is 293 g/mol. The highest BCUT2D eigenvalue weighted by Gasteiger charge is 2.18. The van der Waals surface area contributed by atoms with E-state index in [4.69, 9.17) is 10.5 Å². The molecule has 2 heterocycles. The van der Waals surface area contributed by atoms with Crippen LogP contribution in [-0.4, -0.2) is 41.1 Å². The highest BCUT2D eigenvalue weighted by molar-refractivity contribution is 5.77. The first kappa shape index (κ1) is 15.6. The molecular weight excluding hydrogens is 270 g/mol. The van der Waals surface area contributed by atoms with Gasteiger partial charge in [0, 0.05) is 31.9 Å². The Labute approximate surface area is 124 Å². The number of hydrogen-bond donors (Lipinski definition) is 1. The van der Waals surface area contributed by atoms with Crippen molar-refractivity contribution in [2.24, 2.45) is 5.73 Å². The molecule has 1 aromatic heterocycles. The fraction of sp³-hybridized carbons (Fsp3) is 0.600. The molecule has 6 nitrogen and oxygen atoms in total. The Morgan fingerprint density at radius 2 is 2.14 bits per heavy atom. The Morgan fingerprint density at radius 1 is 1.43 bits per heavy atom. The van der Waals surface area contributed by atoms with Crippen molar-refractivity contribution in [3.05, 3.63) is 28.7 Å². The number of aromatic nitrogens is 1. The number of ether oxygens (including phenoxy) is 1. The van der Waals surface area contributed by atoms with Crippen molar-refractivity contribution in [2.45, 2.75) is 38.8 Å². The zero-order valence-corrected chi connectivity index (χ0v) is 12.5. The zero-order valence-electron chi connectivity index (χ0n) is 12.5. The minimum absolute atomic E-state index is 0.0624. The van der Waals surface area contributed by atoms with Gasteiger partial charge in [0.25, 0.3) is 11.5 Å². The standard InChI is InChI=1S/C15H23N3O3/c1-2-12(16)10-18-9-5-6-13(15(18)20)21-11-14(19)17-7-3-4-8-17/h5-6,9,12H,2-4,7-8,10-11,16H2,1H3. The van der Waals surface area contributed by atoms with Gasteiger partial charge in [-0.1, -0.05) is 6.92 Å². The van der Waals surface area contributed by atoms with Crippen molar-refractivity contribution >= 4 is 5.91 Å². The Morgan fingerprint density at radius 3 is 2.81 bits per heavy atom. The molecule has 1 saturated heterocycles. The smallest absolute Gasteiger partial charge is 0.292 e. The highest BCUT2D eigenvalue weighted by atomic mass is 16.5. The van der Waals surface area contributed by atoms with Crippen LogP contribution >= 0.6 is 0 Å². The third-order valence-corrected chi connectivity index (χ3v) is 3.75. The number of amides is 1. The summed E-state index contributed by atoms with van der Waals surface area (Å²) in [5.74, 6) is 0.140. The number of pyridine rings is 1. The number of nitrogens with zero attached hydrogens (tertiary/aromatic N) is 2. The van der Waals surface area contributed by atoms with Crippen LogP contribution in [0, 0.1) is 0 Å². The molecule has 2 rings (SSSR count). The van der Waals surface area contributed by atoms with Crippen LogP contribution in [0.1, 0.15) is 26.2 Å². The molecule has 6 heteroatoms. The topological polar surface area (TPSA) is 77.6 Å². The maximum absolute atomic E-state index is 12.2. The van der Waals surface area contributed by atoms with E-state index in [2.05, 4.69) is 0 Å². The molecule has 1 atom stereocenters. The van der Waals surface area contributed by atoms with Crippen LogP contribution < -0.4 is 16.0 Å². The molecule has 1 fully saturated rings. The molecule has 116 valence electrons. The molecule has 1 aliphatic heterocycles. The lowest BCUT2D eigenvalue weighted by Gasteiger charge is -2.16. The highest BCUT2D eigenvalue weighted by Crippen LogP contribution is 2.09. The molecule has 1 amide bonds. The maximum atomic E-state index is 12.2. The molecule has 0 aromatic carbocycles. The van der Waals surface area contributed by atoms with Crippen molar-refractivity contribution in [1.82, 2.24) is 9.47 Å². The van der Waals surface area contributed by atoms with Crippen molar-refractivity contribution in [2.75, 3.05) is 19.7 Å². The van der Waals surface area contributed by atoms with Crippen molar-refractivity contribution in [1.29, 1.82) is 0 Å². The molecule has 21 heavy (non-hydrogen) atoms. The van der Waals surface area contributed by atoms with Crippen molar-refractivity contribution in [3.63, 3.8) is 0 Å². The van der Waals surface area contributed by atoms with E-state index >= 15 is 0 Å². The van der Waals surface area contributed by atoms with Crippen LogP contribution in [-0.2, 0) is 11.3 Å². The Balaban J connectivity index is 1.98. The molecule has 0 spiro atoms. The van der Waals surface area contributed by atoms with Crippen LogP contribution in [0.4, 0.5) is 0 Å². The predicted octanol–water partition coefficient (Wildman–Crippen LogP) is 0.587. The van der Waals surface area contributed by atoms with Gasteiger partial charge in [-0.15, -0.1) is 0 Å². The number of carbonyl (C=O) groups is 1. The summed E-state index contributed by atoms with van der Waals surface area (Å²) in [5.41, 5.74) is 5.63. The van der Waals surface area contributed by atoms with E-state index in [0.717, 1.165) is 32.4 Å². The summed E-state index contributed by atoms with van der Waals surface area (Å²) in [4.78, 5) is 25.9. The average Bonchev–Trinajstić information content (AvgIpc) is 3.02. The van der Waals surface area contributed by atoms with Crippen LogP contribution in [0.25, 0.3) is 0 Å². The molecule has 0 aliphatic carbocycles. The summed E-state index contributed by atoms with van der Waals surface area (Å²) < 4.78 is 6.93. The number of likely N-dealkylation sites (tertiary alicyclic amines) is 1. The van der Waals surface area contributed by atoms with Crippen LogP contribution in [0.3, 0.4) is 0 Å². The summed E-state index contributed by atoms with van der Waals surface area (Å²) in [6.07, 6.45) is 4.57. The number of rotatable bonds is 6. The lowest BCUT2D eigenvalue weighted by Crippen LogP contribution is -2.34. The molecule has 0 bridgehead atoms. The lowest BCUT2D eigenvalue weighted by atomic mass is 10.2. The molecule has 1 unspecified atom stereocenters. The summed E-state index contributed by atoms with van der Waals surface area (Å²) >= 11 is 0. The third-order valence-electron chi connectivity index (χ3n) is 3.75. The zero-order chi connectivity index (χ0) is 15.2. The van der Waals surface area contributed by atoms with Gasteiger partial charge in [0.15, 0.2) is 12.4 Å². The van der Waals surface area contributed by atoms with E-state index in [1.165, 1.54) is 4.57 Å². The number of carbonyl (C=O) groups excluding carboxylic acids is 1. The van der Waals surface area contributed by atoms with Gasteiger partial charge in [0.05, 0.1) is 0 Å². The van der Waals surface area contributed by atoms with E-state index in [-0.39, 0.29) is 29.9 Å². The second kappa shape index (κ2) is 7.26. The maximum Gasteiger partial charge on any atom is 0.292 e. The summed E-state index contributed by atoms with van der Waals surface area (Å²) in [6.45, 7) is 3.91. The van der Waals surface area contributed by atoms with Gasteiger partial charge in [0.1, 0.15) is 0 Å². The quantitative estimate of drug-likeness (QED) is 0.832. The van der Waals surface area contributed by atoms with Gasteiger partial charge in [0.2, 0.25) is 0 Å². The molecule has 1 aromatic rings. The Kier molecular flexibility index (Phi) is 5.38. The monoisotopic (exact) mass is 293 g/mol. The largest absolute Gasteiger partial charge is 0.478 e. The molecular formula is C15H23N3O3. The number of hydrogen-bond acceptors (Lipinski definition) is 4. The van der Waals surface area contributed by atoms with E-state index in [0.29, 0.717) is 6.54 Å². The molecule has 2 N–H and O–H groups in total. The fourth-order valence-corrected chi connectivity index (χ4v) is 2.35. The van der Waals surface area contributed by atoms with Crippen LogP contribution in [0.15, 0.2) is 23.1 Å². The Hall–Kier alpha value is -1.82. The van der Waals surface area contributed by atoms with Gasteiger partial charge in [-0.3, -0.25) is 9.59 Å². The van der Waals surface area contributed by atoms with E-state index in [9.17, 15) is 9.59 Å². The molecule has 0 radical (unpaired) electrons. The van der Waals surface area contributed by atoms with E-state index < -0.39 is 0 Å².